The fourth-order valence-electron chi connectivity index (χ4n) is 1.64. The van der Waals surface area contributed by atoms with E-state index in [-0.39, 0.29) is 17.2 Å². The number of anilines is 1. The Labute approximate surface area is 137 Å². The van der Waals surface area contributed by atoms with Crippen LogP contribution in [0.15, 0.2) is 46.9 Å². The molecule has 0 spiro atoms. The summed E-state index contributed by atoms with van der Waals surface area (Å²) < 4.78 is 1.50. The van der Waals surface area contributed by atoms with E-state index < -0.39 is 5.97 Å². The van der Waals surface area contributed by atoms with Gasteiger partial charge in [-0.1, -0.05) is 28.1 Å². The summed E-state index contributed by atoms with van der Waals surface area (Å²) in [5.74, 6) is -1.42. The molecule has 1 amide bonds. The molecule has 0 saturated heterocycles. The largest absolute Gasteiger partial charge is 0.478 e. The summed E-state index contributed by atoms with van der Waals surface area (Å²) in [5, 5.41) is 11.8. The molecule has 0 heterocycles. The maximum Gasteiger partial charge on any atom is 0.337 e. The second-order valence-electron chi connectivity index (χ2n) is 3.93. The summed E-state index contributed by atoms with van der Waals surface area (Å²) in [6.07, 6.45) is 0. The third-order valence-electron chi connectivity index (χ3n) is 2.58. The van der Waals surface area contributed by atoms with E-state index in [0.29, 0.717) is 10.0 Å². The highest BCUT2D eigenvalue weighted by Gasteiger charge is 2.15. The number of benzene rings is 2. The van der Waals surface area contributed by atoms with Gasteiger partial charge < -0.3 is 10.4 Å². The van der Waals surface area contributed by atoms with Crippen molar-refractivity contribution in [2.24, 2.45) is 0 Å². The SMILES string of the molecule is O=C(Nc1cc(Br)ccc1C(=O)O)c1ccccc1I. The Bertz CT molecular complexity index is 688. The number of amides is 1. The number of aromatic carboxylic acids is 1. The molecule has 0 saturated carbocycles. The van der Waals surface area contributed by atoms with Gasteiger partial charge in [0.15, 0.2) is 0 Å². The lowest BCUT2D eigenvalue weighted by Crippen LogP contribution is -2.16. The van der Waals surface area contributed by atoms with Crippen LogP contribution in [-0.4, -0.2) is 17.0 Å². The number of carbonyl (C=O) groups excluding carboxylic acids is 1. The number of carbonyl (C=O) groups is 2. The van der Waals surface area contributed by atoms with Crippen LogP contribution < -0.4 is 5.32 Å². The molecule has 6 heteroatoms. The van der Waals surface area contributed by atoms with Gasteiger partial charge in [0.1, 0.15) is 0 Å². The summed E-state index contributed by atoms with van der Waals surface area (Å²) in [5.41, 5.74) is 0.813. The smallest absolute Gasteiger partial charge is 0.337 e. The summed E-state index contributed by atoms with van der Waals surface area (Å²) >= 11 is 5.32. The molecule has 2 aromatic rings. The van der Waals surface area contributed by atoms with Crippen molar-refractivity contribution in [3.63, 3.8) is 0 Å². The molecule has 0 unspecified atom stereocenters. The second kappa shape index (κ2) is 6.36. The van der Waals surface area contributed by atoms with Gasteiger partial charge in [0.05, 0.1) is 16.8 Å². The lowest BCUT2D eigenvalue weighted by molar-refractivity contribution is 0.0698. The van der Waals surface area contributed by atoms with Crippen LogP contribution in [0.3, 0.4) is 0 Å². The average Bonchev–Trinajstić information content (AvgIpc) is 2.38. The van der Waals surface area contributed by atoms with Crippen LogP contribution in [0.5, 0.6) is 0 Å². The molecule has 0 atom stereocenters. The van der Waals surface area contributed by atoms with Crippen molar-refractivity contribution in [3.8, 4) is 0 Å². The van der Waals surface area contributed by atoms with Gasteiger partial charge in [-0.3, -0.25) is 4.79 Å². The molecule has 0 aliphatic rings. The van der Waals surface area contributed by atoms with Crippen molar-refractivity contribution in [1.82, 2.24) is 0 Å². The minimum Gasteiger partial charge on any atom is -0.478 e. The molecule has 2 rings (SSSR count). The van der Waals surface area contributed by atoms with Crippen molar-refractivity contribution in [2.45, 2.75) is 0 Å². The zero-order chi connectivity index (χ0) is 14.7. The molecule has 0 radical (unpaired) electrons. The third kappa shape index (κ3) is 3.37. The van der Waals surface area contributed by atoms with Crippen LogP contribution in [0.4, 0.5) is 5.69 Å². The van der Waals surface area contributed by atoms with Crippen molar-refractivity contribution in [2.75, 3.05) is 5.32 Å². The van der Waals surface area contributed by atoms with E-state index in [1.54, 1.807) is 24.3 Å². The lowest BCUT2D eigenvalue weighted by atomic mass is 10.1. The Balaban J connectivity index is 2.35. The molecule has 2 N–H and O–H groups in total. The molecular formula is C14H9BrINO3. The van der Waals surface area contributed by atoms with Crippen molar-refractivity contribution < 1.29 is 14.7 Å². The van der Waals surface area contributed by atoms with E-state index in [1.807, 2.05) is 12.1 Å². The Morgan fingerprint density at radius 3 is 2.45 bits per heavy atom. The first-order valence-electron chi connectivity index (χ1n) is 5.58. The molecule has 0 aliphatic carbocycles. The van der Waals surface area contributed by atoms with E-state index >= 15 is 0 Å². The second-order valence-corrected chi connectivity index (χ2v) is 6.01. The zero-order valence-corrected chi connectivity index (χ0v) is 13.8. The highest BCUT2D eigenvalue weighted by molar-refractivity contribution is 14.1. The van der Waals surface area contributed by atoms with Gasteiger partial charge in [-0.05, 0) is 52.9 Å². The molecule has 0 aromatic heterocycles. The molecule has 2 aromatic carbocycles. The predicted molar refractivity (Wildman–Crippen MR) is 88.2 cm³/mol. The van der Waals surface area contributed by atoms with Crippen LogP contribution in [0.1, 0.15) is 20.7 Å². The van der Waals surface area contributed by atoms with Crippen molar-refractivity contribution >= 4 is 56.1 Å². The molecular weight excluding hydrogens is 437 g/mol. The van der Waals surface area contributed by atoms with E-state index in [9.17, 15) is 9.59 Å². The van der Waals surface area contributed by atoms with Gasteiger partial charge in [-0.2, -0.15) is 0 Å². The molecule has 102 valence electrons. The van der Waals surface area contributed by atoms with Crippen LogP contribution >= 0.6 is 38.5 Å². The van der Waals surface area contributed by atoms with E-state index in [1.165, 1.54) is 6.07 Å². The Morgan fingerprint density at radius 2 is 1.80 bits per heavy atom. The Morgan fingerprint density at radius 1 is 1.10 bits per heavy atom. The van der Waals surface area contributed by atoms with Gasteiger partial charge in [0, 0.05) is 8.04 Å². The fourth-order valence-corrected chi connectivity index (χ4v) is 2.63. The lowest BCUT2D eigenvalue weighted by Gasteiger charge is -2.10. The standard InChI is InChI=1S/C14H9BrINO3/c15-8-5-6-10(14(19)20)12(7-8)17-13(18)9-3-1-2-4-11(9)16/h1-7H,(H,17,18)(H,19,20). The van der Waals surface area contributed by atoms with Crippen LogP contribution in [0.2, 0.25) is 0 Å². The summed E-state index contributed by atoms with van der Waals surface area (Å²) in [6.45, 7) is 0. The van der Waals surface area contributed by atoms with Gasteiger partial charge in [0.25, 0.3) is 5.91 Å². The first-order chi connectivity index (χ1) is 9.49. The molecule has 4 nitrogen and oxygen atoms in total. The van der Waals surface area contributed by atoms with Crippen molar-refractivity contribution in [3.05, 3.63) is 61.6 Å². The number of carboxylic acids is 1. The summed E-state index contributed by atoms with van der Waals surface area (Å²) in [7, 11) is 0. The van der Waals surface area contributed by atoms with E-state index in [2.05, 4.69) is 43.8 Å². The molecule has 20 heavy (non-hydrogen) atoms. The monoisotopic (exact) mass is 445 g/mol. The van der Waals surface area contributed by atoms with E-state index in [4.69, 9.17) is 5.11 Å². The van der Waals surface area contributed by atoms with Crippen LogP contribution in [0.25, 0.3) is 0 Å². The highest BCUT2D eigenvalue weighted by Crippen LogP contribution is 2.23. The number of halogens is 2. The van der Waals surface area contributed by atoms with E-state index in [0.717, 1.165) is 3.57 Å². The normalized spacial score (nSPS) is 10.1. The predicted octanol–water partition coefficient (Wildman–Crippen LogP) is 4.00. The first-order valence-corrected chi connectivity index (χ1v) is 7.45. The van der Waals surface area contributed by atoms with Crippen LogP contribution in [-0.2, 0) is 0 Å². The van der Waals surface area contributed by atoms with Crippen LogP contribution in [0, 0.1) is 3.57 Å². The summed E-state index contributed by atoms with van der Waals surface area (Å²) in [6, 6.07) is 11.7. The van der Waals surface area contributed by atoms with Gasteiger partial charge in [0.2, 0.25) is 0 Å². The number of carboxylic acid groups (broad SMARTS) is 1. The quantitative estimate of drug-likeness (QED) is 0.701. The average molecular weight is 446 g/mol. The van der Waals surface area contributed by atoms with Gasteiger partial charge >= 0.3 is 5.97 Å². The highest BCUT2D eigenvalue weighted by atomic mass is 127. The minimum absolute atomic E-state index is 0.0486. The van der Waals surface area contributed by atoms with Gasteiger partial charge in [-0.25, -0.2) is 4.79 Å². The third-order valence-corrected chi connectivity index (χ3v) is 4.01. The number of rotatable bonds is 3. The molecule has 0 fully saturated rings. The van der Waals surface area contributed by atoms with Crippen molar-refractivity contribution in [1.29, 1.82) is 0 Å². The Kier molecular flexibility index (Phi) is 4.77. The van der Waals surface area contributed by atoms with Gasteiger partial charge in [-0.15, -0.1) is 0 Å². The maximum absolute atomic E-state index is 12.2. The topological polar surface area (TPSA) is 66.4 Å². The maximum atomic E-state index is 12.2. The number of hydrogen-bond donors (Lipinski definition) is 2. The molecule has 0 bridgehead atoms. The Hall–Kier alpha value is -1.41. The number of nitrogens with one attached hydrogen (secondary N) is 1. The molecule has 0 aliphatic heterocycles. The zero-order valence-electron chi connectivity index (χ0n) is 10.1. The number of hydrogen-bond acceptors (Lipinski definition) is 2. The first kappa shape index (κ1) is 15.0. The summed E-state index contributed by atoms with van der Waals surface area (Å²) in [4.78, 5) is 23.3. The minimum atomic E-state index is -1.09. The fraction of sp³-hybridized carbons (Fsp3) is 0.